The van der Waals surface area contributed by atoms with Crippen molar-refractivity contribution in [2.45, 2.75) is 96.9 Å². The Kier molecular flexibility index (Phi) is 14.0. The lowest BCUT2D eigenvalue weighted by Gasteiger charge is -2.19. The summed E-state index contributed by atoms with van der Waals surface area (Å²) in [6, 6.07) is 9.78. The number of benzene rings is 1. The monoisotopic (exact) mass is 430 g/mol. The molecule has 4 heteroatoms. The van der Waals surface area contributed by atoms with Gasteiger partial charge in [0.25, 0.3) is 5.91 Å². The first-order valence-electron chi connectivity index (χ1n) is 12.2. The molecule has 1 aromatic rings. The molecule has 0 aliphatic heterocycles. The van der Waals surface area contributed by atoms with Crippen LogP contribution in [0.25, 0.3) is 6.08 Å². The zero-order valence-corrected chi connectivity index (χ0v) is 20.4. The van der Waals surface area contributed by atoms with Crippen molar-refractivity contribution in [1.29, 1.82) is 0 Å². The maximum Gasteiger partial charge on any atom is 0.286 e. The molecule has 0 aromatic heterocycles. The van der Waals surface area contributed by atoms with Crippen LogP contribution in [0.15, 0.2) is 36.1 Å². The summed E-state index contributed by atoms with van der Waals surface area (Å²) in [7, 11) is 1.55. The third-order valence-corrected chi connectivity index (χ3v) is 5.77. The van der Waals surface area contributed by atoms with Crippen molar-refractivity contribution >= 4 is 12.0 Å². The van der Waals surface area contributed by atoms with Crippen LogP contribution < -0.4 is 11.1 Å². The van der Waals surface area contributed by atoms with Gasteiger partial charge in [-0.3, -0.25) is 4.79 Å². The highest BCUT2D eigenvalue weighted by Gasteiger charge is 2.13. The molecule has 31 heavy (non-hydrogen) atoms. The lowest BCUT2D eigenvalue weighted by molar-refractivity contribution is -0.120. The number of carbonyl (C=O) groups is 1. The number of unbranched alkanes of at least 4 members (excludes halogenated alkanes) is 4. The second-order valence-electron chi connectivity index (χ2n) is 9.47. The lowest BCUT2D eigenvalue weighted by Crippen LogP contribution is -2.31. The van der Waals surface area contributed by atoms with Crippen molar-refractivity contribution in [3.63, 3.8) is 0 Å². The topological polar surface area (TPSA) is 64.3 Å². The molecule has 0 radical (unpaired) electrons. The molecule has 1 aromatic carbocycles. The molecule has 0 saturated heterocycles. The number of nitrogens with two attached hydrogens (primary N) is 1. The SMILES string of the molecule is CCCCCC(CCCCCC(C)(C)N)CCCNC(=O)C(=Cc1ccccc1)OC. The fraction of sp³-hybridized carbons (Fsp3) is 0.667. The average Bonchev–Trinajstić information content (AvgIpc) is 2.74. The molecule has 3 N–H and O–H groups in total. The fourth-order valence-corrected chi connectivity index (χ4v) is 3.90. The first-order chi connectivity index (χ1) is 14.9. The average molecular weight is 431 g/mol. The molecule has 1 unspecified atom stereocenters. The van der Waals surface area contributed by atoms with E-state index in [1.807, 2.05) is 30.3 Å². The third-order valence-electron chi connectivity index (χ3n) is 5.77. The van der Waals surface area contributed by atoms with Crippen molar-refractivity contribution in [3.8, 4) is 0 Å². The first kappa shape index (κ1) is 27.2. The molecular formula is C27H46N2O2. The van der Waals surface area contributed by atoms with E-state index in [1.54, 1.807) is 13.2 Å². The van der Waals surface area contributed by atoms with Crippen LogP contribution in [0.2, 0.25) is 0 Å². The van der Waals surface area contributed by atoms with E-state index in [-0.39, 0.29) is 11.4 Å². The van der Waals surface area contributed by atoms with Gasteiger partial charge in [-0.05, 0) is 50.7 Å². The number of hydrogen-bond donors (Lipinski definition) is 2. The molecule has 1 atom stereocenters. The summed E-state index contributed by atoms with van der Waals surface area (Å²) in [4.78, 5) is 12.4. The van der Waals surface area contributed by atoms with Gasteiger partial charge < -0.3 is 15.8 Å². The quantitative estimate of drug-likeness (QED) is 0.169. The molecule has 0 fully saturated rings. The number of ether oxygens (including phenoxy) is 1. The number of methoxy groups -OCH3 is 1. The van der Waals surface area contributed by atoms with Gasteiger partial charge >= 0.3 is 0 Å². The van der Waals surface area contributed by atoms with Crippen LogP contribution in [0.1, 0.15) is 97.0 Å². The standard InChI is InChI=1S/C27H46N2O2/c1-5-6-9-15-23(16-12-8-13-20-27(2,3)28)19-14-21-29-26(30)25(31-4)22-24-17-10-7-11-18-24/h7,10-11,17-18,22-23H,5-6,8-9,12-16,19-21,28H2,1-4H3,(H,29,30). The normalized spacial score (nSPS) is 13.1. The van der Waals surface area contributed by atoms with Crippen LogP contribution in [0.4, 0.5) is 0 Å². The predicted octanol–water partition coefficient (Wildman–Crippen LogP) is 6.45. The molecule has 0 aliphatic carbocycles. The Bertz CT molecular complexity index is 620. The smallest absolute Gasteiger partial charge is 0.286 e. The summed E-state index contributed by atoms with van der Waals surface area (Å²) in [5, 5.41) is 3.02. The van der Waals surface area contributed by atoms with Crippen LogP contribution in [0.3, 0.4) is 0 Å². The van der Waals surface area contributed by atoms with E-state index < -0.39 is 0 Å². The Balaban J connectivity index is 2.37. The number of amides is 1. The molecule has 0 aliphatic rings. The Morgan fingerprint density at radius 1 is 1.03 bits per heavy atom. The molecule has 0 bridgehead atoms. The minimum absolute atomic E-state index is 0.0469. The van der Waals surface area contributed by atoms with Gasteiger partial charge in [-0.1, -0.05) is 88.6 Å². The second kappa shape index (κ2) is 15.9. The summed E-state index contributed by atoms with van der Waals surface area (Å²) in [5.74, 6) is 0.975. The Hall–Kier alpha value is -1.81. The van der Waals surface area contributed by atoms with Crippen LogP contribution in [0, 0.1) is 5.92 Å². The van der Waals surface area contributed by atoms with Crippen LogP contribution in [-0.4, -0.2) is 25.1 Å². The van der Waals surface area contributed by atoms with E-state index in [1.165, 1.54) is 57.8 Å². The summed E-state index contributed by atoms with van der Waals surface area (Å²) >= 11 is 0. The van der Waals surface area contributed by atoms with Crippen molar-refractivity contribution in [1.82, 2.24) is 5.32 Å². The number of rotatable bonds is 17. The van der Waals surface area contributed by atoms with Crippen LogP contribution >= 0.6 is 0 Å². The van der Waals surface area contributed by atoms with Gasteiger partial charge in [0.1, 0.15) is 0 Å². The minimum Gasteiger partial charge on any atom is -0.491 e. The Morgan fingerprint density at radius 3 is 2.29 bits per heavy atom. The lowest BCUT2D eigenvalue weighted by atomic mass is 9.90. The molecule has 0 spiro atoms. The molecule has 1 rings (SSSR count). The van der Waals surface area contributed by atoms with Gasteiger partial charge in [-0.2, -0.15) is 0 Å². The number of carbonyl (C=O) groups excluding carboxylic acids is 1. The van der Waals surface area contributed by atoms with Crippen LogP contribution in [-0.2, 0) is 9.53 Å². The fourth-order valence-electron chi connectivity index (χ4n) is 3.90. The summed E-state index contributed by atoms with van der Waals surface area (Å²) < 4.78 is 5.30. The molecule has 4 nitrogen and oxygen atoms in total. The van der Waals surface area contributed by atoms with E-state index in [0.29, 0.717) is 12.3 Å². The highest BCUT2D eigenvalue weighted by molar-refractivity contribution is 5.95. The van der Waals surface area contributed by atoms with Gasteiger partial charge in [-0.15, -0.1) is 0 Å². The van der Waals surface area contributed by atoms with E-state index >= 15 is 0 Å². The largest absolute Gasteiger partial charge is 0.491 e. The zero-order valence-electron chi connectivity index (χ0n) is 20.4. The minimum atomic E-state index is -0.140. The maximum absolute atomic E-state index is 12.4. The molecular weight excluding hydrogens is 384 g/mol. The Morgan fingerprint density at radius 2 is 1.68 bits per heavy atom. The molecule has 0 saturated carbocycles. The highest BCUT2D eigenvalue weighted by atomic mass is 16.5. The van der Waals surface area contributed by atoms with Gasteiger partial charge in [0, 0.05) is 12.1 Å². The van der Waals surface area contributed by atoms with Crippen molar-refractivity contribution in [2.24, 2.45) is 11.7 Å². The van der Waals surface area contributed by atoms with Crippen molar-refractivity contribution in [3.05, 3.63) is 41.7 Å². The second-order valence-corrected chi connectivity index (χ2v) is 9.47. The third kappa shape index (κ3) is 14.0. The van der Waals surface area contributed by atoms with Crippen molar-refractivity contribution in [2.75, 3.05) is 13.7 Å². The van der Waals surface area contributed by atoms with Crippen LogP contribution in [0.5, 0.6) is 0 Å². The summed E-state index contributed by atoms with van der Waals surface area (Å²) in [5.41, 5.74) is 7.01. The van der Waals surface area contributed by atoms with Gasteiger partial charge in [0.15, 0.2) is 5.76 Å². The van der Waals surface area contributed by atoms with Gasteiger partial charge in [-0.25, -0.2) is 0 Å². The molecule has 176 valence electrons. The van der Waals surface area contributed by atoms with Crippen molar-refractivity contribution < 1.29 is 9.53 Å². The number of hydrogen-bond acceptors (Lipinski definition) is 3. The predicted molar refractivity (Wildman–Crippen MR) is 133 cm³/mol. The van der Waals surface area contributed by atoms with E-state index in [4.69, 9.17) is 10.5 Å². The maximum atomic E-state index is 12.4. The van der Waals surface area contributed by atoms with E-state index in [2.05, 4.69) is 26.1 Å². The number of nitrogens with one attached hydrogen (secondary N) is 1. The summed E-state index contributed by atoms with van der Waals surface area (Å²) in [6.45, 7) is 7.17. The van der Waals surface area contributed by atoms with E-state index in [0.717, 1.165) is 24.3 Å². The van der Waals surface area contributed by atoms with Gasteiger partial charge in [0.2, 0.25) is 0 Å². The Labute approximate surface area is 191 Å². The highest BCUT2D eigenvalue weighted by Crippen LogP contribution is 2.23. The zero-order chi connectivity index (χ0) is 23.0. The molecule has 1 amide bonds. The molecule has 0 heterocycles. The summed E-state index contributed by atoms with van der Waals surface area (Å²) in [6.07, 6.45) is 15.3. The first-order valence-corrected chi connectivity index (χ1v) is 12.2. The van der Waals surface area contributed by atoms with E-state index in [9.17, 15) is 4.79 Å². The van der Waals surface area contributed by atoms with Gasteiger partial charge in [0.05, 0.1) is 7.11 Å².